The maximum Gasteiger partial charge on any atom is 0.225 e. The molecule has 3 aliphatic heterocycles. The molecule has 0 aliphatic carbocycles. The summed E-state index contributed by atoms with van der Waals surface area (Å²) in [5, 5.41) is 3.54. The SMILES string of the molecule is CN=C(NCCCCCN1CCCCC1)N1CCC(C(=O)N2CCOCC2)CC1.I. The largest absolute Gasteiger partial charge is 0.378 e. The predicted octanol–water partition coefficient (Wildman–Crippen LogP) is 2.41. The van der Waals surface area contributed by atoms with Gasteiger partial charge in [-0.3, -0.25) is 9.79 Å². The van der Waals surface area contributed by atoms with E-state index in [0.29, 0.717) is 19.1 Å². The fourth-order valence-electron chi connectivity index (χ4n) is 4.73. The van der Waals surface area contributed by atoms with Gasteiger partial charge in [-0.05, 0) is 58.2 Å². The van der Waals surface area contributed by atoms with Crippen molar-refractivity contribution in [2.45, 2.75) is 51.4 Å². The molecule has 3 saturated heterocycles. The molecule has 3 heterocycles. The molecule has 0 aromatic heterocycles. The lowest BCUT2D eigenvalue weighted by Gasteiger charge is -2.36. The zero-order chi connectivity index (χ0) is 20.3. The fraction of sp³-hybridized carbons (Fsp3) is 0.909. The molecule has 3 aliphatic rings. The van der Waals surface area contributed by atoms with Gasteiger partial charge in [0.1, 0.15) is 0 Å². The summed E-state index contributed by atoms with van der Waals surface area (Å²) < 4.78 is 5.36. The molecule has 0 aromatic rings. The van der Waals surface area contributed by atoms with Gasteiger partial charge in [0.2, 0.25) is 5.91 Å². The number of guanidine groups is 1. The summed E-state index contributed by atoms with van der Waals surface area (Å²) >= 11 is 0. The van der Waals surface area contributed by atoms with Gasteiger partial charge in [-0.2, -0.15) is 0 Å². The molecule has 1 amide bonds. The number of likely N-dealkylation sites (tertiary alicyclic amines) is 2. The molecule has 0 spiro atoms. The number of ether oxygens (including phenoxy) is 1. The number of nitrogens with one attached hydrogen (secondary N) is 1. The van der Waals surface area contributed by atoms with E-state index < -0.39 is 0 Å². The Morgan fingerprint density at radius 3 is 2.30 bits per heavy atom. The maximum absolute atomic E-state index is 12.7. The molecular weight excluding hydrogens is 493 g/mol. The minimum Gasteiger partial charge on any atom is -0.378 e. The first-order chi connectivity index (χ1) is 14.3. The normalized spacial score (nSPS) is 22.0. The fourth-order valence-corrected chi connectivity index (χ4v) is 4.73. The third-order valence-corrected chi connectivity index (χ3v) is 6.56. The first-order valence-corrected chi connectivity index (χ1v) is 11.8. The molecule has 174 valence electrons. The number of piperidine rings is 2. The van der Waals surface area contributed by atoms with Crippen LogP contribution in [0.25, 0.3) is 0 Å². The standard InChI is InChI=1S/C22H41N5O2.HI/c1-23-22(24-10-4-2-5-11-25-12-6-3-7-13-25)27-14-8-20(9-15-27)21(28)26-16-18-29-19-17-26;/h20H,2-19H2,1H3,(H,23,24);1H. The van der Waals surface area contributed by atoms with E-state index in [1.54, 1.807) is 0 Å². The van der Waals surface area contributed by atoms with Crippen LogP contribution < -0.4 is 5.32 Å². The number of carbonyl (C=O) groups is 1. The van der Waals surface area contributed by atoms with Gasteiger partial charge in [-0.1, -0.05) is 12.8 Å². The number of carbonyl (C=O) groups excluding carboxylic acids is 1. The summed E-state index contributed by atoms with van der Waals surface area (Å²) in [5.74, 6) is 1.49. The summed E-state index contributed by atoms with van der Waals surface area (Å²) in [5.41, 5.74) is 0. The molecule has 7 nitrogen and oxygen atoms in total. The lowest BCUT2D eigenvalue weighted by molar-refractivity contribution is -0.140. The van der Waals surface area contributed by atoms with Gasteiger partial charge in [0, 0.05) is 45.7 Å². The first-order valence-electron chi connectivity index (χ1n) is 11.8. The van der Waals surface area contributed by atoms with Crippen molar-refractivity contribution in [1.29, 1.82) is 0 Å². The molecule has 0 atom stereocenters. The van der Waals surface area contributed by atoms with E-state index in [0.717, 1.165) is 51.5 Å². The molecular formula is C22H42IN5O2. The Balaban J connectivity index is 0.00000320. The minimum absolute atomic E-state index is 0. The maximum atomic E-state index is 12.7. The van der Waals surface area contributed by atoms with Gasteiger partial charge in [0.25, 0.3) is 0 Å². The molecule has 3 rings (SSSR count). The number of hydrogen-bond acceptors (Lipinski definition) is 4. The molecule has 0 aromatic carbocycles. The van der Waals surface area contributed by atoms with Crippen molar-refractivity contribution in [3.05, 3.63) is 0 Å². The van der Waals surface area contributed by atoms with Gasteiger partial charge in [0.15, 0.2) is 5.96 Å². The molecule has 30 heavy (non-hydrogen) atoms. The number of morpholine rings is 1. The van der Waals surface area contributed by atoms with Crippen LogP contribution in [0.5, 0.6) is 0 Å². The van der Waals surface area contributed by atoms with E-state index in [1.165, 1.54) is 58.2 Å². The van der Waals surface area contributed by atoms with Crippen LogP contribution in [0.4, 0.5) is 0 Å². The average molecular weight is 536 g/mol. The minimum atomic E-state index is 0. The molecule has 8 heteroatoms. The van der Waals surface area contributed by atoms with Crippen molar-refractivity contribution < 1.29 is 9.53 Å². The first kappa shape index (κ1) is 25.6. The molecule has 1 N–H and O–H groups in total. The van der Waals surface area contributed by atoms with Crippen LogP contribution in [0, 0.1) is 5.92 Å². The second-order valence-electron chi connectivity index (χ2n) is 8.64. The molecule has 0 saturated carbocycles. The van der Waals surface area contributed by atoms with Gasteiger partial charge < -0.3 is 24.8 Å². The third-order valence-electron chi connectivity index (χ3n) is 6.56. The van der Waals surface area contributed by atoms with Crippen LogP contribution in [0.2, 0.25) is 0 Å². The van der Waals surface area contributed by atoms with Crippen molar-refractivity contribution >= 4 is 35.8 Å². The Morgan fingerprint density at radius 2 is 1.63 bits per heavy atom. The summed E-state index contributed by atoms with van der Waals surface area (Å²) in [6, 6.07) is 0. The smallest absolute Gasteiger partial charge is 0.225 e. The lowest BCUT2D eigenvalue weighted by Crippen LogP contribution is -2.50. The van der Waals surface area contributed by atoms with Crippen molar-refractivity contribution in [2.24, 2.45) is 10.9 Å². The van der Waals surface area contributed by atoms with Crippen molar-refractivity contribution in [1.82, 2.24) is 20.0 Å². The van der Waals surface area contributed by atoms with Crippen LogP contribution in [0.1, 0.15) is 51.4 Å². The molecule has 0 radical (unpaired) electrons. The quantitative estimate of drug-likeness (QED) is 0.235. The predicted molar refractivity (Wildman–Crippen MR) is 133 cm³/mol. The van der Waals surface area contributed by atoms with Crippen LogP contribution in [-0.4, -0.2) is 99.2 Å². The Morgan fingerprint density at radius 1 is 0.933 bits per heavy atom. The number of rotatable bonds is 7. The number of halogens is 1. The summed E-state index contributed by atoms with van der Waals surface area (Å²) in [7, 11) is 1.86. The highest BCUT2D eigenvalue weighted by atomic mass is 127. The van der Waals surface area contributed by atoms with Crippen LogP contribution in [0.3, 0.4) is 0 Å². The summed E-state index contributed by atoms with van der Waals surface area (Å²) in [4.78, 5) is 24.1. The van der Waals surface area contributed by atoms with Crippen molar-refractivity contribution in [3.63, 3.8) is 0 Å². The second-order valence-corrected chi connectivity index (χ2v) is 8.64. The highest BCUT2D eigenvalue weighted by Gasteiger charge is 2.30. The molecule has 0 bridgehead atoms. The number of hydrogen-bond donors (Lipinski definition) is 1. The van der Waals surface area contributed by atoms with Gasteiger partial charge in [-0.15, -0.1) is 24.0 Å². The summed E-state index contributed by atoms with van der Waals surface area (Å²) in [6.07, 6.45) is 9.79. The molecule has 0 unspecified atom stereocenters. The van der Waals surface area contributed by atoms with E-state index in [9.17, 15) is 4.79 Å². The number of aliphatic imine (C=N–C) groups is 1. The number of nitrogens with zero attached hydrogens (tertiary/aromatic N) is 4. The highest BCUT2D eigenvalue weighted by molar-refractivity contribution is 14.0. The average Bonchev–Trinajstić information content (AvgIpc) is 2.79. The van der Waals surface area contributed by atoms with Crippen LogP contribution >= 0.6 is 24.0 Å². The van der Waals surface area contributed by atoms with Gasteiger partial charge in [-0.25, -0.2) is 0 Å². The number of amides is 1. The summed E-state index contributed by atoms with van der Waals surface area (Å²) in [6.45, 7) is 9.53. The van der Waals surface area contributed by atoms with Crippen LogP contribution in [0.15, 0.2) is 4.99 Å². The monoisotopic (exact) mass is 535 g/mol. The van der Waals surface area contributed by atoms with E-state index in [2.05, 4.69) is 20.1 Å². The topological polar surface area (TPSA) is 60.4 Å². The van der Waals surface area contributed by atoms with Crippen molar-refractivity contribution in [3.8, 4) is 0 Å². The van der Waals surface area contributed by atoms with E-state index >= 15 is 0 Å². The molecule has 3 fully saturated rings. The Labute approximate surface area is 200 Å². The zero-order valence-corrected chi connectivity index (χ0v) is 21.1. The Kier molecular flexibility index (Phi) is 12.4. The van der Waals surface area contributed by atoms with Crippen LogP contribution in [-0.2, 0) is 9.53 Å². The van der Waals surface area contributed by atoms with E-state index in [4.69, 9.17) is 4.74 Å². The lowest BCUT2D eigenvalue weighted by atomic mass is 9.95. The Hall–Kier alpha value is -0.610. The Bertz CT molecular complexity index is 514. The second kappa shape index (κ2) is 14.5. The van der Waals surface area contributed by atoms with Gasteiger partial charge >= 0.3 is 0 Å². The van der Waals surface area contributed by atoms with E-state index in [-0.39, 0.29) is 29.9 Å². The zero-order valence-electron chi connectivity index (χ0n) is 18.8. The number of unbranched alkanes of at least 4 members (excludes halogenated alkanes) is 2. The van der Waals surface area contributed by atoms with Crippen molar-refractivity contribution in [2.75, 3.05) is 72.6 Å². The van der Waals surface area contributed by atoms with Gasteiger partial charge in [0.05, 0.1) is 13.2 Å². The third kappa shape index (κ3) is 8.15. The van der Waals surface area contributed by atoms with E-state index in [1.807, 2.05) is 11.9 Å². The highest BCUT2D eigenvalue weighted by Crippen LogP contribution is 2.20.